The van der Waals surface area contributed by atoms with Crippen LogP contribution in [-0.4, -0.2) is 38.3 Å². The van der Waals surface area contributed by atoms with Gasteiger partial charge in [0.25, 0.3) is 0 Å². The normalized spacial score (nSPS) is 9.18. The zero-order valence-corrected chi connectivity index (χ0v) is 7.05. The number of nitrogens with zero attached hydrogens (tertiary/aromatic N) is 1. The number of hydrogen-bond donors (Lipinski definition) is 1. The molecule has 2 N–H and O–H groups in total. The van der Waals surface area contributed by atoms with Crippen LogP contribution in [0.25, 0.3) is 0 Å². The van der Waals surface area contributed by atoms with Crippen LogP contribution in [0.15, 0.2) is 12.7 Å². The molecule has 4 heteroatoms. The monoisotopic (exact) mass is 154 g/mol. The molecule has 0 aromatic rings. The highest BCUT2D eigenvalue weighted by atomic mass is 16.2. The quantitative estimate of drug-likeness (QED) is 0.408. The largest absolute Gasteiger partial charge is 0.338 e. The lowest BCUT2D eigenvalue weighted by Gasteiger charge is -2.19. The molecule has 0 bridgehead atoms. The maximum absolute atomic E-state index is 11.1. The second-order valence-corrected chi connectivity index (χ2v) is 2.27. The van der Waals surface area contributed by atoms with Gasteiger partial charge < -0.3 is 10.6 Å². The van der Waals surface area contributed by atoms with Gasteiger partial charge in [-0.25, -0.2) is 0 Å². The molecule has 11 heavy (non-hydrogen) atoms. The minimum Gasteiger partial charge on any atom is -0.338 e. The molecule has 0 aliphatic carbocycles. The van der Waals surface area contributed by atoms with Gasteiger partial charge in [-0.1, -0.05) is 6.08 Å². The summed E-state index contributed by atoms with van der Waals surface area (Å²) in [7, 11) is 1.84. The Balaban J connectivity index is 3.86. The standard InChI is InChI=1S/C7H15BN2O/c1-2-4-10(5-3-9)7(11)6-8/h2H,1,3-6,8-9H2. The van der Waals surface area contributed by atoms with E-state index in [4.69, 9.17) is 5.73 Å². The topological polar surface area (TPSA) is 46.3 Å². The maximum atomic E-state index is 11.1. The van der Waals surface area contributed by atoms with Crippen molar-refractivity contribution in [1.82, 2.24) is 4.90 Å². The Morgan fingerprint density at radius 2 is 2.36 bits per heavy atom. The summed E-state index contributed by atoms with van der Waals surface area (Å²) >= 11 is 0. The zero-order valence-electron chi connectivity index (χ0n) is 7.05. The van der Waals surface area contributed by atoms with Crippen LogP contribution >= 0.6 is 0 Å². The Morgan fingerprint density at radius 3 is 2.73 bits per heavy atom. The molecule has 62 valence electrons. The average molecular weight is 154 g/mol. The molecule has 0 rings (SSSR count). The maximum Gasteiger partial charge on any atom is 0.214 e. The van der Waals surface area contributed by atoms with Crippen LogP contribution in [0.5, 0.6) is 0 Å². The highest BCUT2D eigenvalue weighted by molar-refractivity contribution is 6.19. The van der Waals surface area contributed by atoms with E-state index in [-0.39, 0.29) is 5.91 Å². The van der Waals surface area contributed by atoms with Crippen molar-refractivity contribution in [3.05, 3.63) is 12.7 Å². The first-order valence-electron chi connectivity index (χ1n) is 3.85. The zero-order chi connectivity index (χ0) is 8.69. The highest BCUT2D eigenvalue weighted by Crippen LogP contribution is 1.91. The molecule has 0 unspecified atom stereocenters. The smallest absolute Gasteiger partial charge is 0.214 e. The van der Waals surface area contributed by atoms with Gasteiger partial charge in [-0.3, -0.25) is 4.79 Å². The summed E-state index contributed by atoms with van der Waals surface area (Å²) in [6.45, 7) is 5.30. The molecule has 0 saturated heterocycles. The van der Waals surface area contributed by atoms with E-state index >= 15 is 0 Å². The van der Waals surface area contributed by atoms with Crippen molar-refractivity contribution in [2.75, 3.05) is 19.6 Å². The first-order chi connectivity index (χ1) is 5.26. The van der Waals surface area contributed by atoms with Gasteiger partial charge in [0.1, 0.15) is 7.85 Å². The van der Waals surface area contributed by atoms with E-state index in [9.17, 15) is 4.79 Å². The number of carbonyl (C=O) groups is 1. The molecule has 0 aromatic heterocycles. The highest BCUT2D eigenvalue weighted by Gasteiger charge is 2.06. The third kappa shape index (κ3) is 3.83. The summed E-state index contributed by atoms with van der Waals surface area (Å²) in [6, 6.07) is 0. The van der Waals surface area contributed by atoms with Crippen molar-refractivity contribution in [2.24, 2.45) is 5.73 Å². The molecular formula is C7H15BN2O. The average Bonchev–Trinajstić information content (AvgIpc) is 2.03. The van der Waals surface area contributed by atoms with Crippen LogP contribution in [0.1, 0.15) is 0 Å². The van der Waals surface area contributed by atoms with Crippen molar-refractivity contribution < 1.29 is 4.79 Å². The first kappa shape index (κ1) is 10.2. The second kappa shape index (κ2) is 5.98. The number of hydrogen-bond acceptors (Lipinski definition) is 2. The molecule has 1 amide bonds. The molecule has 0 spiro atoms. The summed E-state index contributed by atoms with van der Waals surface area (Å²) in [6.07, 6.45) is 2.25. The minimum absolute atomic E-state index is 0.135. The lowest BCUT2D eigenvalue weighted by atomic mass is 10.0. The lowest BCUT2D eigenvalue weighted by molar-refractivity contribution is -0.128. The van der Waals surface area contributed by atoms with Gasteiger partial charge in [0.05, 0.1) is 0 Å². The summed E-state index contributed by atoms with van der Waals surface area (Å²) in [5.41, 5.74) is 5.32. The van der Waals surface area contributed by atoms with Crippen LogP contribution in [-0.2, 0) is 4.79 Å². The first-order valence-corrected chi connectivity index (χ1v) is 3.85. The van der Waals surface area contributed by atoms with Crippen molar-refractivity contribution in [2.45, 2.75) is 6.32 Å². The van der Waals surface area contributed by atoms with Crippen molar-refractivity contribution >= 4 is 13.8 Å². The minimum atomic E-state index is 0.135. The molecule has 0 aliphatic rings. The van der Waals surface area contributed by atoms with Gasteiger partial charge in [0, 0.05) is 19.6 Å². The summed E-state index contributed by atoms with van der Waals surface area (Å²) in [5.74, 6) is 0.135. The summed E-state index contributed by atoms with van der Waals surface area (Å²) in [5, 5.41) is 0. The number of nitrogens with two attached hydrogens (primary N) is 1. The SMILES string of the molecule is BCC(=O)N(CC=C)CCN. The number of amides is 1. The second-order valence-electron chi connectivity index (χ2n) is 2.27. The third-order valence-electron chi connectivity index (χ3n) is 1.40. The van der Waals surface area contributed by atoms with E-state index in [1.54, 1.807) is 11.0 Å². The molecule has 0 heterocycles. The van der Waals surface area contributed by atoms with E-state index in [1.165, 1.54) is 0 Å². The molecule has 0 fully saturated rings. The van der Waals surface area contributed by atoms with Gasteiger partial charge in [-0.15, -0.1) is 6.58 Å². The third-order valence-corrected chi connectivity index (χ3v) is 1.40. The fourth-order valence-electron chi connectivity index (χ4n) is 0.853. The van der Waals surface area contributed by atoms with Crippen LogP contribution in [0.2, 0.25) is 6.32 Å². The predicted molar refractivity (Wildman–Crippen MR) is 49.2 cm³/mol. The predicted octanol–water partition coefficient (Wildman–Crippen LogP) is -0.989. The van der Waals surface area contributed by atoms with Crippen molar-refractivity contribution in [1.29, 1.82) is 0 Å². The number of rotatable bonds is 5. The van der Waals surface area contributed by atoms with Gasteiger partial charge >= 0.3 is 0 Å². The summed E-state index contributed by atoms with van der Waals surface area (Å²) in [4.78, 5) is 12.8. The van der Waals surface area contributed by atoms with Gasteiger partial charge in [-0.2, -0.15) is 0 Å². The Labute approximate surface area is 68.7 Å². The number of carbonyl (C=O) groups excluding carboxylic acids is 1. The Morgan fingerprint density at radius 1 is 1.73 bits per heavy atom. The van der Waals surface area contributed by atoms with E-state index in [0.717, 1.165) is 0 Å². The van der Waals surface area contributed by atoms with Gasteiger partial charge in [0.2, 0.25) is 5.91 Å². The van der Waals surface area contributed by atoms with Crippen LogP contribution in [0.3, 0.4) is 0 Å². The molecule has 0 saturated carbocycles. The molecule has 3 nitrogen and oxygen atoms in total. The van der Waals surface area contributed by atoms with E-state index < -0.39 is 0 Å². The van der Waals surface area contributed by atoms with Crippen LogP contribution in [0, 0.1) is 0 Å². The van der Waals surface area contributed by atoms with Crippen molar-refractivity contribution in [3.63, 3.8) is 0 Å². The van der Waals surface area contributed by atoms with E-state index in [2.05, 4.69) is 6.58 Å². The van der Waals surface area contributed by atoms with Crippen molar-refractivity contribution in [3.8, 4) is 0 Å². The molecule has 0 atom stereocenters. The Bertz CT molecular complexity index is 138. The van der Waals surface area contributed by atoms with Crippen LogP contribution in [0.4, 0.5) is 0 Å². The van der Waals surface area contributed by atoms with E-state index in [0.29, 0.717) is 26.0 Å². The lowest BCUT2D eigenvalue weighted by Crippen LogP contribution is -2.35. The fraction of sp³-hybridized carbons (Fsp3) is 0.571. The Kier molecular flexibility index (Phi) is 5.56. The molecular weight excluding hydrogens is 139 g/mol. The fourth-order valence-corrected chi connectivity index (χ4v) is 0.853. The molecule has 0 aliphatic heterocycles. The van der Waals surface area contributed by atoms with Gasteiger partial charge in [-0.05, 0) is 6.32 Å². The van der Waals surface area contributed by atoms with Crippen LogP contribution < -0.4 is 5.73 Å². The van der Waals surface area contributed by atoms with Gasteiger partial charge in [0.15, 0.2) is 0 Å². The Hall–Kier alpha value is -0.765. The molecule has 0 aromatic carbocycles. The summed E-state index contributed by atoms with van der Waals surface area (Å²) < 4.78 is 0. The van der Waals surface area contributed by atoms with E-state index in [1.807, 2.05) is 7.85 Å². The molecule has 0 radical (unpaired) electrons.